The molecule has 0 saturated heterocycles. The van der Waals surface area contributed by atoms with Crippen molar-refractivity contribution in [3.63, 3.8) is 0 Å². The average molecular weight is 350 g/mol. The third-order valence-electron chi connectivity index (χ3n) is 4.10. The van der Waals surface area contributed by atoms with Gasteiger partial charge in [0.1, 0.15) is 12.4 Å². The molecule has 0 radical (unpaired) electrons. The third-order valence-corrected chi connectivity index (χ3v) is 4.10. The van der Waals surface area contributed by atoms with Crippen LogP contribution in [0.1, 0.15) is 31.0 Å². The first-order chi connectivity index (χ1) is 12.5. The van der Waals surface area contributed by atoms with Crippen molar-refractivity contribution in [2.24, 2.45) is 0 Å². The van der Waals surface area contributed by atoms with Gasteiger partial charge in [0.2, 0.25) is 0 Å². The fraction of sp³-hybridized carbons (Fsp3) is 0.238. The van der Waals surface area contributed by atoms with Gasteiger partial charge >= 0.3 is 5.97 Å². The summed E-state index contributed by atoms with van der Waals surface area (Å²) in [6.45, 7) is 4.53. The summed E-state index contributed by atoms with van der Waals surface area (Å²) < 4.78 is 7.76. The number of carbonyl (C=O) groups is 1. The molecule has 2 aromatic carbocycles. The smallest absolute Gasteiger partial charge is 0.307 e. The van der Waals surface area contributed by atoms with Gasteiger partial charge in [-0.05, 0) is 37.1 Å². The Kier molecular flexibility index (Phi) is 5.37. The highest BCUT2D eigenvalue weighted by Crippen LogP contribution is 2.28. The Balaban J connectivity index is 1.86. The summed E-state index contributed by atoms with van der Waals surface area (Å²) in [6.07, 6.45) is 3.68. The van der Waals surface area contributed by atoms with Gasteiger partial charge < -0.3 is 9.84 Å². The highest BCUT2D eigenvalue weighted by molar-refractivity contribution is 5.73. The first-order valence-electron chi connectivity index (χ1n) is 8.59. The highest BCUT2D eigenvalue weighted by Gasteiger charge is 2.12. The van der Waals surface area contributed by atoms with Crippen LogP contribution in [0, 0.1) is 0 Å². The van der Waals surface area contributed by atoms with Crippen LogP contribution in [0.5, 0.6) is 5.75 Å². The largest absolute Gasteiger partial charge is 0.489 e. The molecule has 1 N–H and O–H groups in total. The standard InChI is InChI=1S/C21H22N2O3/c1-15(2)23-13-19(12-22-23)17-8-9-20(18(10-17)11-21(24)25)26-14-16-6-4-3-5-7-16/h3-10,12-13,15H,11,14H2,1-2H3,(H,24,25). The number of carboxylic acid groups (broad SMARTS) is 1. The Morgan fingerprint density at radius 3 is 2.58 bits per heavy atom. The zero-order valence-corrected chi connectivity index (χ0v) is 14.9. The van der Waals surface area contributed by atoms with Gasteiger partial charge in [-0.15, -0.1) is 0 Å². The molecule has 3 rings (SSSR count). The molecule has 1 aromatic heterocycles. The van der Waals surface area contributed by atoms with Crippen molar-refractivity contribution in [2.45, 2.75) is 32.9 Å². The van der Waals surface area contributed by atoms with E-state index >= 15 is 0 Å². The highest BCUT2D eigenvalue weighted by atomic mass is 16.5. The number of aliphatic carboxylic acids is 1. The molecule has 1 heterocycles. The van der Waals surface area contributed by atoms with Crippen LogP contribution in [-0.4, -0.2) is 20.9 Å². The number of benzene rings is 2. The number of carboxylic acids is 1. The topological polar surface area (TPSA) is 64.3 Å². The summed E-state index contributed by atoms with van der Waals surface area (Å²) in [5.74, 6) is -0.291. The minimum absolute atomic E-state index is 0.0870. The Bertz CT molecular complexity index is 885. The predicted molar refractivity (Wildman–Crippen MR) is 100 cm³/mol. The molecule has 0 unspecified atom stereocenters. The number of aromatic nitrogens is 2. The third kappa shape index (κ3) is 4.30. The van der Waals surface area contributed by atoms with Crippen LogP contribution >= 0.6 is 0 Å². The first kappa shape index (κ1) is 17.7. The van der Waals surface area contributed by atoms with Crippen molar-refractivity contribution in [3.8, 4) is 16.9 Å². The fourth-order valence-electron chi connectivity index (χ4n) is 2.71. The Labute approximate surface area is 152 Å². The van der Waals surface area contributed by atoms with Crippen molar-refractivity contribution >= 4 is 5.97 Å². The molecule has 0 atom stereocenters. The van der Waals surface area contributed by atoms with Crippen LogP contribution in [-0.2, 0) is 17.8 Å². The predicted octanol–water partition coefficient (Wildman–Crippen LogP) is 4.34. The summed E-state index contributed by atoms with van der Waals surface area (Å²) in [6, 6.07) is 15.7. The van der Waals surface area contributed by atoms with Crippen LogP contribution in [0.15, 0.2) is 60.9 Å². The summed E-state index contributed by atoms with van der Waals surface area (Å²) >= 11 is 0. The van der Waals surface area contributed by atoms with Crippen LogP contribution in [0.2, 0.25) is 0 Å². The van der Waals surface area contributed by atoms with E-state index < -0.39 is 5.97 Å². The molecule has 0 bridgehead atoms. The van der Waals surface area contributed by atoms with E-state index in [0.29, 0.717) is 17.9 Å². The van der Waals surface area contributed by atoms with E-state index in [4.69, 9.17) is 4.74 Å². The molecule has 5 nitrogen and oxygen atoms in total. The van der Waals surface area contributed by atoms with Gasteiger partial charge in [-0.2, -0.15) is 5.10 Å². The maximum atomic E-state index is 11.3. The van der Waals surface area contributed by atoms with Crippen molar-refractivity contribution < 1.29 is 14.6 Å². The minimum Gasteiger partial charge on any atom is -0.489 e. The van der Waals surface area contributed by atoms with E-state index in [9.17, 15) is 9.90 Å². The molecule has 0 aliphatic heterocycles. The van der Waals surface area contributed by atoms with Gasteiger partial charge in [0.05, 0.1) is 12.6 Å². The second-order valence-corrected chi connectivity index (χ2v) is 6.47. The van der Waals surface area contributed by atoms with Crippen molar-refractivity contribution in [3.05, 3.63) is 72.1 Å². The van der Waals surface area contributed by atoms with E-state index in [1.54, 1.807) is 6.20 Å². The van der Waals surface area contributed by atoms with Crippen molar-refractivity contribution in [1.29, 1.82) is 0 Å². The van der Waals surface area contributed by atoms with Gasteiger partial charge in [-0.3, -0.25) is 9.48 Å². The Morgan fingerprint density at radius 2 is 1.92 bits per heavy atom. The zero-order chi connectivity index (χ0) is 18.5. The second-order valence-electron chi connectivity index (χ2n) is 6.47. The Hall–Kier alpha value is -3.08. The van der Waals surface area contributed by atoms with Crippen LogP contribution < -0.4 is 4.74 Å². The second kappa shape index (κ2) is 7.87. The molecule has 0 fully saturated rings. The first-order valence-corrected chi connectivity index (χ1v) is 8.59. The van der Waals surface area contributed by atoms with Crippen molar-refractivity contribution in [1.82, 2.24) is 9.78 Å². The van der Waals surface area contributed by atoms with Gasteiger partial charge in [0.15, 0.2) is 0 Å². The lowest BCUT2D eigenvalue weighted by molar-refractivity contribution is -0.136. The van der Waals surface area contributed by atoms with Crippen LogP contribution in [0.3, 0.4) is 0 Å². The van der Waals surface area contributed by atoms with Crippen LogP contribution in [0.25, 0.3) is 11.1 Å². The lowest BCUT2D eigenvalue weighted by Gasteiger charge is -2.12. The lowest BCUT2D eigenvalue weighted by atomic mass is 10.0. The quantitative estimate of drug-likeness (QED) is 0.688. The molecule has 134 valence electrons. The molecule has 26 heavy (non-hydrogen) atoms. The molecule has 0 spiro atoms. The Morgan fingerprint density at radius 1 is 1.15 bits per heavy atom. The SMILES string of the molecule is CC(C)n1cc(-c2ccc(OCc3ccccc3)c(CC(=O)O)c2)cn1. The zero-order valence-electron chi connectivity index (χ0n) is 14.9. The van der Waals surface area contributed by atoms with E-state index in [-0.39, 0.29) is 12.5 Å². The molecule has 0 aliphatic carbocycles. The lowest BCUT2D eigenvalue weighted by Crippen LogP contribution is -2.04. The fourth-order valence-corrected chi connectivity index (χ4v) is 2.71. The number of hydrogen-bond donors (Lipinski definition) is 1. The monoisotopic (exact) mass is 350 g/mol. The molecule has 3 aromatic rings. The number of nitrogens with zero attached hydrogens (tertiary/aromatic N) is 2. The van der Waals surface area contributed by atoms with E-state index in [1.807, 2.05) is 59.4 Å². The summed E-state index contributed by atoms with van der Waals surface area (Å²) in [5, 5.41) is 13.6. The van der Waals surface area contributed by atoms with Gasteiger partial charge in [-0.25, -0.2) is 0 Å². The molecule has 5 heteroatoms. The molecular formula is C21H22N2O3. The molecule has 0 aliphatic rings. The number of ether oxygens (including phenoxy) is 1. The van der Waals surface area contributed by atoms with Gasteiger partial charge in [0.25, 0.3) is 0 Å². The van der Waals surface area contributed by atoms with Gasteiger partial charge in [0, 0.05) is 23.4 Å². The van der Waals surface area contributed by atoms with E-state index in [1.165, 1.54) is 0 Å². The van der Waals surface area contributed by atoms with Gasteiger partial charge in [-0.1, -0.05) is 36.4 Å². The average Bonchev–Trinajstić information content (AvgIpc) is 3.11. The summed E-state index contributed by atoms with van der Waals surface area (Å²) in [4.78, 5) is 11.3. The van der Waals surface area contributed by atoms with Crippen molar-refractivity contribution in [2.75, 3.05) is 0 Å². The summed E-state index contributed by atoms with van der Waals surface area (Å²) in [7, 11) is 0. The maximum Gasteiger partial charge on any atom is 0.307 e. The van der Waals surface area contributed by atoms with E-state index in [0.717, 1.165) is 16.7 Å². The van der Waals surface area contributed by atoms with Crippen LogP contribution in [0.4, 0.5) is 0 Å². The van der Waals surface area contributed by atoms with E-state index in [2.05, 4.69) is 18.9 Å². The summed E-state index contributed by atoms with van der Waals surface area (Å²) in [5.41, 5.74) is 3.58. The molecule has 0 saturated carbocycles. The number of rotatable bonds is 7. The normalized spacial score (nSPS) is 10.9. The number of hydrogen-bond acceptors (Lipinski definition) is 3. The minimum atomic E-state index is -0.885. The maximum absolute atomic E-state index is 11.3. The molecular weight excluding hydrogens is 328 g/mol. The molecule has 0 amide bonds.